The fourth-order valence-corrected chi connectivity index (χ4v) is 12.2. The summed E-state index contributed by atoms with van der Waals surface area (Å²) in [4.78, 5) is 26.5. The van der Waals surface area contributed by atoms with Crippen molar-refractivity contribution in [3.63, 3.8) is 0 Å². The van der Waals surface area contributed by atoms with Crippen LogP contribution in [-0.2, 0) is 57.0 Å². The number of fused-ring (bicyclic) bond motifs is 1. The van der Waals surface area contributed by atoms with Gasteiger partial charge in [-0.2, -0.15) is 0 Å². The Morgan fingerprint density at radius 2 is 1.20 bits per heavy atom. The molecule has 0 amide bonds. The maximum atomic E-state index is 13.4. The van der Waals surface area contributed by atoms with Crippen LogP contribution >= 0.6 is 0 Å². The van der Waals surface area contributed by atoms with Crippen LogP contribution in [0.15, 0.2) is 24.3 Å². The molecule has 0 radical (unpaired) electrons. The minimum atomic E-state index is -1.96. The highest BCUT2D eigenvalue weighted by Gasteiger charge is 2.56. The number of rotatable bonds is 16. The topological polar surface area (TPSA) is 389 Å². The van der Waals surface area contributed by atoms with Crippen LogP contribution in [0.25, 0.3) is 0 Å². The van der Waals surface area contributed by atoms with Gasteiger partial charge >= 0.3 is 11.9 Å². The number of carbonyl (C=O) groups is 2. The minimum Gasteiger partial charge on any atom is -0.460 e. The summed E-state index contributed by atoms with van der Waals surface area (Å²) in [5.74, 6) is -3.10. The molecule has 0 aromatic carbocycles. The van der Waals surface area contributed by atoms with Crippen molar-refractivity contribution in [2.24, 2.45) is 23.7 Å². The highest BCUT2D eigenvalue weighted by molar-refractivity contribution is 5.82. The molecule has 8 aliphatic rings. The average Bonchev–Trinajstić information content (AvgIpc) is 3.41. The van der Waals surface area contributed by atoms with Gasteiger partial charge in [-0.1, -0.05) is 12.2 Å². The van der Waals surface area contributed by atoms with E-state index in [-0.39, 0.29) is 43.9 Å². The lowest BCUT2D eigenvalue weighted by molar-refractivity contribution is -0.373. The molecule has 26 atom stereocenters. The third kappa shape index (κ3) is 14.4. The minimum absolute atomic E-state index is 0.00958. The van der Waals surface area contributed by atoms with Crippen LogP contribution in [0.4, 0.5) is 0 Å². The molecule has 0 bridgehead atoms. The van der Waals surface area contributed by atoms with Gasteiger partial charge in [0.2, 0.25) is 0 Å². The van der Waals surface area contributed by atoms with Gasteiger partial charge in [0.05, 0.1) is 74.3 Å². The second kappa shape index (κ2) is 26.9. The van der Waals surface area contributed by atoms with E-state index in [2.05, 4.69) is 0 Å². The van der Waals surface area contributed by atoms with Crippen molar-refractivity contribution in [3.05, 3.63) is 24.3 Å². The standard InChI is InChI=1S/C51H80O25/c1-67-34-14-23(4-10-29(34)56)6-13-39(60)75-47-40(61)31(58)20-69-50(47)76-48-44(65)42(63)37(21-68-38(59)12-5-22-2-8-25(53)9-3-22)74-51(48)72-35-18-27-32(70-46(35)24-7-11-28(55)30(57)15-24)16-26(54)17-33(27)71-49-45(66)43(64)41(62)36(19-52)73-49/h5-6,12-13,22-37,40-58,61-66H,2-4,7-11,14-21H2,1H3/t22?,23?,24?,25?,26?,27?,28?,29?,30?,31-,32?,33?,34?,35?,36-,37-,40+,41-,42-,43+,44+,45-,46?,47-,48-,49-,50+,51-/m1/s1. The van der Waals surface area contributed by atoms with Gasteiger partial charge < -0.3 is 114 Å². The summed E-state index contributed by atoms with van der Waals surface area (Å²) in [6, 6.07) is 0. The first kappa shape index (κ1) is 59.7. The summed E-state index contributed by atoms with van der Waals surface area (Å²) >= 11 is 0. The summed E-state index contributed by atoms with van der Waals surface area (Å²) in [5.41, 5.74) is 0. The maximum absolute atomic E-state index is 13.4. The van der Waals surface area contributed by atoms with Crippen LogP contribution in [0, 0.1) is 23.7 Å². The first-order valence-electron chi connectivity index (χ1n) is 26.9. The largest absolute Gasteiger partial charge is 0.460 e. The zero-order valence-electron chi connectivity index (χ0n) is 42.5. The fraction of sp³-hybridized carbons (Fsp3) is 0.882. The molecule has 4 saturated carbocycles. The molecular formula is C51H80O25. The van der Waals surface area contributed by atoms with Gasteiger partial charge in [0, 0.05) is 31.6 Å². The lowest BCUT2D eigenvalue weighted by atomic mass is 9.72. The number of aliphatic hydroxyl groups excluding tert-OH is 13. The van der Waals surface area contributed by atoms with Gasteiger partial charge in [0.1, 0.15) is 67.6 Å². The Morgan fingerprint density at radius 1 is 0.526 bits per heavy atom. The number of hydrogen-bond acceptors (Lipinski definition) is 25. The molecule has 4 heterocycles. The predicted octanol–water partition coefficient (Wildman–Crippen LogP) is -3.79. The Kier molecular flexibility index (Phi) is 21.1. The number of methoxy groups -OCH3 is 1. The Bertz CT molecular complexity index is 1900. The van der Waals surface area contributed by atoms with Gasteiger partial charge in [-0.25, -0.2) is 9.59 Å². The quantitative estimate of drug-likeness (QED) is 0.0521. The highest BCUT2D eigenvalue weighted by atomic mass is 16.8. The summed E-state index contributed by atoms with van der Waals surface area (Å²) in [6.45, 7) is -1.88. The molecule has 8 fully saturated rings. The molecule has 4 aliphatic heterocycles. The van der Waals surface area contributed by atoms with Crippen LogP contribution in [-0.4, -0.2) is 252 Å². The number of esters is 2. The lowest BCUT2D eigenvalue weighted by Gasteiger charge is -2.53. The summed E-state index contributed by atoms with van der Waals surface area (Å²) in [7, 11) is 1.47. The molecule has 25 heteroatoms. The molecule has 0 aromatic rings. The van der Waals surface area contributed by atoms with Gasteiger partial charge in [0.25, 0.3) is 0 Å². The van der Waals surface area contributed by atoms with Crippen molar-refractivity contribution in [2.75, 3.05) is 26.9 Å². The van der Waals surface area contributed by atoms with Crippen LogP contribution in [0.2, 0.25) is 0 Å². The van der Waals surface area contributed by atoms with Crippen molar-refractivity contribution >= 4 is 11.9 Å². The molecule has 4 aliphatic carbocycles. The maximum Gasteiger partial charge on any atom is 0.330 e. The first-order chi connectivity index (χ1) is 36.3. The lowest BCUT2D eigenvalue weighted by Crippen LogP contribution is -2.65. The van der Waals surface area contributed by atoms with E-state index in [0.29, 0.717) is 51.4 Å². The Labute approximate surface area is 439 Å². The second-order valence-corrected chi connectivity index (χ2v) is 22.0. The van der Waals surface area contributed by atoms with Gasteiger partial charge in [-0.15, -0.1) is 0 Å². The van der Waals surface area contributed by atoms with E-state index in [1.54, 1.807) is 12.2 Å². The molecule has 12 unspecified atom stereocenters. The van der Waals surface area contributed by atoms with Crippen molar-refractivity contribution in [1.29, 1.82) is 0 Å². The van der Waals surface area contributed by atoms with Crippen molar-refractivity contribution in [3.8, 4) is 0 Å². The predicted molar refractivity (Wildman–Crippen MR) is 253 cm³/mol. The van der Waals surface area contributed by atoms with Gasteiger partial charge in [-0.05, 0) is 94.8 Å². The molecule has 0 aromatic heterocycles. The van der Waals surface area contributed by atoms with Crippen molar-refractivity contribution in [2.45, 2.75) is 231 Å². The fourth-order valence-electron chi connectivity index (χ4n) is 12.2. The molecule has 8 rings (SSSR count). The number of ether oxygens (including phenoxy) is 10. The molecule has 0 spiro atoms. The zero-order valence-corrected chi connectivity index (χ0v) is 42.5. The molecule has 25 nitrogen and oxygen atoms in total. The van der Waals surface area contributed by atoms with Crippen LogP contribution in [0.3, 0.4) is 0 Å². The highest BCUT2D eigenvalue weighted by Crippen LogP contribution is 2.45. The van der Waals surface area contributed by atoms with E-state index in [0.717, 1.165) is 6.08 Å². The first-order valence-corrected chi connectivity index (χ1v) is 26.9. The van der Waals surface area contributed by atoms with E-state index >= 15 is 0 Å². The second-order valence-electron chi connectivity index (χ2n) is 22.0. The van der Waals surface area contributed by atoms with Crippen molar-refractivity contribution in [1.82, 2.24) is 0 Å². The van der Waals surface area contributed by atoms with Crippen LogP contribution in [0.1, 0.15) is 83.5 Å². The number of allylic oxidation sites excluding steroid dienone is 2. The Hall–Kier alpha value is -2.42. The Balaban J connectivity index is 1.06. The molecule has 4 saturated heterocycles. The van der Waals surface area contributed by atoms with Crippen LogP contribution < -0.4 is 0 Å². The number of carbonyl (C=O) groups excluding carboxylic acids is 2. The van der Waals surface area contributed by atoms with Gasteiger partial charge in [0.15, 0.2) is 25.0 Å². The normalized spacial score (nSPS) is 48.6. The average molecular weight is 1090 g/mol. The number of aliphatic hydroxyl groups is 13. The van der Waals surface area contributed by atoms with E-state index < -0.39 is 191 Å². The Morgan fingerprint density at radius 3 is 1.92 bits per heavy atom. The van der Waals surface area contributed by atoms with E-state index in [4.69, 9.17) is 47.4 Å². The zero-order chi connectivity index (χ0) is 54.5. The van der Waals surface area contributed by atoms with Gasteiger partial charge in [-0.3, -0.25) is 0 Å². The summed E-state index contributed by atoms with van der Waals surface area (Å²) in [6.07, 6.45) is -22.3. The van der Waals surface area contributed by atoms with Crippen molar-refractivity contribution < 1.29 is 123 Å². The summed E-state index contributed by atoms with van der Waals surface area (Å²) in [5, 5.41) is 140. The summed E-state index contributed by atoms with van der Waals surface area (Å²) < 4.78 is 60.6. The molecule has 76 heavy (non-hydrogen) atoms. The third-order valence-electron chi connectivity index (χ3n) is 16.8. The molecule has 434 valence electrons. The third-order valence-corrected chi connectivity index (χ3v) is 16.8. The smallest absolute Gasteiger partial charge is 0.330 e. The molecule has 13 N–H and O–H groups in total. The van der Waals surface area contributed by atoms with E-state index in [1.165, 1.54) is 13.2 Å². The van der Waals surface area contributed by atoms with E-state index in [1.807, 2.05) is 0 Å². The monoisotopic (exact) mass is 1090 g/mol. The number of hydrogen-bond donors (Lipinski definition) is 13. The molecular weight excluding hydrogens is 1010 g/mol. The SMILES string of the molecule is COC1CC(C=CC(=O)O[C@H]2[C@H](O[C@H]3[C@H](OC4CC5C(CC(O)CC5O[C@@H]5O[C@H](CO)[C@@H](O)[C@H](O)[C@H]5O)OC4C4CCC(O)C(O)C4)O[C@H](COC(=O)C=CC4CCC(O)CC4)[C@@H](O)[C@@H]3O)OC[C@@H](O)[C@@H]2O)CCC1O. The van der Waals surface area contributed by atoms with Crippen LogP contribution in [0.5, 0.6) is 0 Å². The van der Waals surface area contributed by atoms with E-state index in [9.17, 15) is 76.0 Å².